The number of fused-ring (bicyclic) bond motifs is 2. The number of aromatic nitrogens is 2. The Kier molecular flexibility index (Phi) is 6.19. The molecule has 1 unspecified atom stereocenters. The highest BCUT2D eigenvalue weighted by molar-refractivity contribution is 6.12. The van der Waals surface area contributed by atoms with Crippen LogP contribution in [-0.2, 0) is 11.3 Å². The molecule has 8 heteroatoms. The van der Waals surface area contributed by atoms with Gasteiger partial charge in [0.2, 0.25) is 0 Å². The second-order valence-electron chi connectivity index (χ2n) is 8.73. The van der Waals surface area contributed by atoms with E-state index in [4.69, 9.17) is 10.6 Å². The zero-order valence-corrected chi connectivity index (χ0v) is 19.5. The van der Waals surface area contributed by atoms with E-state index in [9.17, 15) is 4.79 Å². The van der Waals surface area contributed by atoms with Crippen molar-refractivity contribution in [2.24, 2.45) is 5.73 Å². The molecule has 0 spiro atoms. The number of imidazole rings is 1. The molecule has 1 aliphatic carbocycles. The van der Waals surface area contributed by atoms with E-state index in [2.05, 4.69) is 38.0 Å². The third-order valence-electron chi connectivity index (χ3n) is 6.45. The van der Waals surface area contributed by atoms with Crippen molar-refractivity contribution in [3.05, 3.63) is 47.3 Å². The first kappa shape index (κ1) is 22.3. The van der Waals surface area contributed by atoms with Crippen LogP contribution in [0.3, 0.4) is 0 Å². The minimum Gasteiger partial charge on any atom is -0.373 e. The molecule has 1 aliphatic rings. The van der Waals surface area contributed by atoms with Gasteiger partial charge in [-0.2, -0.15) is 5.06 Å². The van der Waals surface area contributed by atoms with Gasteiger partial charge in [-0.25, -0.2) is 4.98 Å². The summed E-state index contributed by atoms with van der Waals surface area (Å²) in [5.74, 6) is -0.465. The molecule has 8 nitrogen and oxygen atoms in total. The number of hydrogen-bond donors (Lipinski definition) is 2. The van der Waals surface area contributed by atoms with Gasteiger partial charge in [0.1, 0.15) is 0 Å². The van der Waals surface area contributed by atoms with Crippen LogP contribution in [0.15, 0.2) is 30.6 Å². The average molecular weight is 437 g/mol. The van der Waals surface area contributed by atoms with Crippen molar-refractivity contribution in [3.8, 4) is 11.1 Å². The Bertz CT molecular complexity index is 1140. The Labute approximate surface area is 188 Å². The number of aryl methyl sites for hydroxylation is 1. The van der Waals surface area contributed by atoms with Crippen molar-refractivity contribution in [1.29, 1.82) is 0 Å². The minimum atomic E-state index is -0.465. The van der Waals surface area contributed by atoms with Crippen molar-refractivity contribution in [1.82, 2.24) is 19.9 Å². The molecule has 0 saturated carbocycles. The van der Waals surface area contributed by atoms with Gasteiger partial charge in [-0.1, -0.05) is 12.1 Å². The Balaban J connectivity index is 1.86. The smallest absolute Gasteiger partial charge is 0.253 e. The average Bonchev–Trinajstić information content (AvgIpc) is 3.42. The number of nitrogens with two attached hydrogens (primary N) is 1. The lowest BCUT2D eigenvalue weighted by Gasteiger charge is -2.25. The molecule has 3 N–H and O–H groups in total. The van der Waals surface area contributed by atoms with Crippen LogP contribution in [-0.4, -0.2) is 74.2 Å². The molecule has 1 aromatic heterocycles. The van der Waals surface area contributed by atoms with Crippen LogP contribution in [0.1, 0.15) is 33.9 Å². The normalized spacial score (nSPS) is 15.7. The second-order valence-corrected chi connectivity index (χ2v) is 8.73. The topological polar surface area (TPSA) is 90.7 Å². The van der Waals surface area contributed by atoms with Gasteiger partial charge in [0.25, 0.3) is 5.91 Å². The number of primary amides is 1. The Morgan fingerprint density at radius 1 is 1.22 bits per heavy atom. The number of nitrogens with one attached hydrogen (secondary N) is 1. The van der Waals surface area contributed by atoms with E-state index in [1.807, 2.05) is 39.3 Å². The van der Waals surface area contributed by atoms with Gasteiger partial charge in [0.05, 0.1) is 41.8 Å². The number of carbonyl (C=O) groups is 1. The molecular formula is C24H32N6O2. The van der Waals surface area contributed by atoms with Gasteiger partial charge in [-0.15, -0.1) is 0 Å². The lowest BCUT2D eigenvalue weighted by Crippen LogP contribution is -2.30. The lowest BCUT2D eigenvalue weighted by molar-refractivity contribution is -0.142. The number of nitrogens with zero attached hydrogens (tertiary/aromatic N) is 4. The number of likely N-dealkylation sites (N-methyl/N-ethyl adjacent to an activating group) is 2. The van der Waals surface area contributed by atoms with E-state index in [0.717, 1.165) is 48.3 Å². The number of rotatable bonds is 8. The molecule has 0 radical (unpaired) electrons. The maximum atomic E-state index is 12.4. The van der Waals surface area contributed by atoms with Crippen LogP contribution < -0.4 is 10.6 Å². The van der Waals surface area contributed by atoms with Crippen LogP contribution in [0, 0.1) is 0 Å². The second kappa shape index (κ2) is 8.90. The highest BCUT2D eigenvalue weighted by Crippen LogP contribution is 2.40. The van der Waals surface area contributed by atoms with Crippen molar-refractivity contribution in [2.45, 2.75) is 18.9 Å². The minimum absolute atomic E-state index is 0.219. The van der Waals surface area contributed by atoms with Gasteiger partial charge >= 0.3 is 0 Å². The molecule has 2 aromatic carbocycles. The number of H-pyrrole nitrogens is 1. The summed E-state index contributed by atoms with van der Waals surface area (Å²) >= 11 is 0. The van der Waals surface area contributed by atoms with Crippen LogP contribution in [0.4, 0.5) is 5.69 Å². The monoisotopic (exact) mass is 436 g/mol. The molecule has 0 bridgehead atoms. The highest BCUT2D eigenvalue weighted by Gasteiger charge is 2.28. The Hall–Kier alpha value is -2.94. The fourth-order valence-corrected chi connectivity index (χ4v) is 4.59. The van der Waals surface area contributed by atoms with Gasteiger partial charge in [-0.05, 0) is 55.8 Å². The van der Waals surface area contributed by atoms with E-state index in [1.165, 1.54) is 11.1 Å². The lowest BCUT2D eigenvalue weighted by atomic mass is 9.95. The van der Waals surface area contributed by atoms with Crippen molar-refractivity contribution in [2.75, 3.05) is 53.3 Å². The van der Waals surface area contributed by atoms with Crippen molar-refractivity contribution >= 4 is 22.6 Å². The molecule has 1 heterocycles. The SMILES string of the molecule is CON(C)C1CCc2ccc(-c3cc(N(C)CCN(C)C)c(C(N)=O)c4[nH]cnc34)cc21. The Morgan fingerprint density at radius 2 is 2.00 bits per heavy atom. The summed E-state index contributed by atoms with van der Waals surface area (Å²) in [6, 6.07) is 8.84. The van der Waals surface area contributed by atoms with Crippen molar-refractivity contribution in [3.63, 3.8) is 0 Å². The number of hydroxylamine groups is 2. The van der Waals surface area contributed by atoms with Crippen molar-refractivity contribution < 1.29 is 9.63 Å². The van der Waals surface area contributed by atoms with E-state index in [1.54, 1.807) is 13.4 Å². The quantitative estimate of drug-likeness (QED) is 0.528. The fourth-order valence-electron chi connectivity index (χ4n) is 4.59. The molecule has 0 saturated heterocycles. The number of hydrogen-bond acceptors (Lipinski definition) is 6. The molecule has 0 fully saturated rings. The van der Waals surface area contributed by atoms with Crippen LogP contribution in [0.2, 0.25) is 0 Å². The third kappa shape index (κ3) is 3.97. The van der Waals surface area contributed by atoms with Crippen LogP contribution >= 0.6 is 0 Å². The molecule has 4 rings (SSSR count). The number of carbonyl (C=O) groups excluding carboxylic acids is 1. The van der Waals surface area contributed by atoms with Crippen LogP contribution in [0.25, 0.3) is 22.2 Å². The number of amides is 1. The number of anilines is 1. The molecule has 170 valence electrons. The van der Waals surface area contributed by atoms with Gasteiger partial charge in [0.15, 0.2) is 0 Å². The fraction of sp³-hybridized carbons (Fsp3) is 0.417. The molecule has 1 amide bonds. The highest BCUT2D eigenvalue weighted by atomic mass is 16.7. The zero-order chi connectivity index (χ0) is 23.0. The molecule has 32 heavy (non-hydrogen) atoms. The van der Waals surface area contributed by atoms with Gasteiger partial charge in [0, 0.05) is 32.7 Å². The predicted molar refractivity (Wildman–Crippen MR) is 128 cm³/mol. The summed E-state index contributed by atoms with van der Waals surface area (Å²) in [6.45, 7) is 1.62. The number of benzene rings is 2. The first-order valence-electron chi connectivity index (χ1n) is 10.9. The third-order valence-corrected chi connectivity index (χ3v) is 6.45. The first-order valence-corrected chi connectivity index (χ1v) is 10.9. The largest absolute Gasteiger partial charge is 0.373 e. The summed E-state index contributed by atoms with van der Waals surface area (Å²) in [7, 11) is 9.73. The standard InChI is InChI=1S/C24H32N6O2/c1-28(2)10-11-29(3)20-13-18(22-23(27-14-26-22)21(20)24(25)31)16-7-6-15-8-9-19(17(15)12-16)30(4)32-5/h6-7,12-14,19H,8-11H2,1-5H3,(H2,25,31)(H,26,27). The molecule has 1 atom stereocenters. The van der Waals surface area contributed by atoms with E-state index >= 15 is 0 Å². The zero-order valence-electron chi connectivity index (χ0n) is 19.5. The van der Waals surface area contributed by atoms with Gasteiger partial charge in [-0.3, -0.25) is 4.79 Å². The van der Waals surface area contributed by atoms with Crippen LogP contribution in [0.5, 0.6) is 0 Å². The molecule has 3 aromatic rings. The summed E-state index contributed by atoms with van der Waals surface area (Å²) < 4.78 is 0. The van der Waals surface area contributed by atoms with E-state index < -0.39 is 5.91 Å². The molecular weight excluding hydrogens is 404 g/mol. The maximum absolute atomic E-state index is 12.4. The summed E-state index contributed by atoms with van der Waals surface area (Å²) in [5, 5.41) is 1.91. The van der Waals surface area contributed by atoms with E-state index in [0.29, 0.717) is 11.1 Å². The summed E-state index contributed by atoms with van der Waals surface area (Å²) in [6.07, 6.45) is 3.68. The maximum Gasteiger partial charge on any atom is 0.253 e. The first-order chi connectivity index (χ1) is 15.3. The van der Waals surface area contributed by atoms with Gasteiger partial charge < -0.3 is 25.4 Å². The number of aromatic amines is 1. The summed E-state index contributed by atoms with van der Waals surface area (Å²) in [5.41, 5.74) is 13.2. The van der Waals surface area contributed by atoms with E-state index in [-0.39, 0.29) is 6.04 Å². The predicted octanol–water partition coefficient (Wildman–Crippen LogP) is 2.81. The molecule has 0 aliphatic heterocycles. The summed E-state index contributed by atoms with van der Waals surface area (Å²) in [4.78, 5) is 29.8. The Morgan fingerprint density at radius 3 is 2.69 bits per heavy atom.